The van der Waals surface area contributed by atoms with Crippen LogP contribution in [0.1, 0.15) is 17.0 Å². The van der Waals surface area contributed by atoms with Crippen LogP contribution in [0.2, 0.25) is 5.02 Å². The SMILES string of the molecule is Cc1ccc(OCC(CO)c2cccc(Cl)c2)cc1. The fraction of sp³-hybridized carbons (Fsp3) is 0.250. The highest BCUT2D eigenvalue weighted by molar-refractivity contribution is 6.30. The second-order valence-corrected chi connectivity index (χ2v) is 4.99. The molecule has 0 saturated carbocycles. The molecular formula is C16H17ClO2. The molecule has 1 N–H and O–H groups in total. The van der Waals surface area contributed by atoms with Crippen molar-refractivity contribution < 1.29 is 9.84 Å². The molecule has 1 atom stereocenters. The van der Waals surface area contributed by atoms with E-state index >= 15 is 0 Å². The van der Waals surface area contributed by atoms with Gasteiger partial charge >= 0.3 is 0 Å². The first-order chi connectivity index (χ1) is 9.19. The summed E-state index contributed by atoms with van der Waals surface area (Å²) >= 11 is 5.96. The molecular weight excluding hydrogens is 260 g/mol. The van der Waals surface area contributed by atoms with E-state index in [0.717, 1.165) is 11.3 Å². The molecule has 2 nitrogen and oxygen atoms in total. The second kappa shape index (κ2) is 6.60. The molecule has 3 heteroatoms. The molecule has 0 aliphatic heterocycles. The Morgan fingerprint density at radius 3 is 2.53 bits per heavy atom. The summed E-state index contributed by atoms with van der Waals surface area (Å²) in [5, 5.41) is 10.1. The van der Waals surface area contributed by atoms with Gasteiger partial charge in [-0.05, 0) is 36.8 Å². The van der Waals surface area contributed by atoms with Gasteiger partial charge in [0.2, 0.25) is 0 Å². The number of rotatable bonds is 5. The van der Waals surface area contributed by atoms with E-state index in [9.17, 15) is 5.11 Å². The van der Waals surface area contributed by atoms with E-state index in [-0.39, 0.29) is 12.5 Å². The quantitative estimate of drug-likeness (QED) is 0.900. The number of hydrogen-bond donors (Lipinski definition) is 1. The molecule has 2 aromatic carbocycles. The Hall–Kier alpha value is -1.51. The lowest BCUT2D eigenvalue weighted by Gasteiger charge is -2.16. The molecule has 0 aliphatic rings. The van der Waals surface area contributed by atoms with E-state index in [1.165, 1.54) is 5.56 Å². The summed E-state index contributed by atoms with van der Waals surface area (Å²) in [5.41, 5.74) is 2.18. The van der Waals surface area contributed by atoms with E-state index < -0.39 is 0 Å². The van der Waals surface area contributed by atoms with Crippen molar-refractivity contribution in [1.29, 1.82) is 0 Å². The minimum Gasteiger partial charge on any atom is -0.493 e. The van der Waals surface area contributed by atoms with Crippen LogP contribution in [-0.2, 0) is 0 Å². The molecule has 0 aliphatic carbocycles. The van der Waals surface area contributed by atoms with Gasteiger partial charge in [0.1, 0.15) is 5.75 Å². The zero-order chi connectivity index (χ0) is 13.7. The molecule has 0 saturated heterocycles. The molecule has 0 aromatic heterocycles. The zero-order valence-corrected chi connectivity index (χ0v) is 11.6. The van der Waals surface area contributed by atoms with Crippen molar-refractivity contribution in [2.24, 2.45) is 0 Å². The minimum atomic E-state index is -0.0694. The molecule has 0 amide bonds. The molecule has 1 unspecified atom stereocenters. The number of hydrogen-bond acceptors (Lipinski definition) is 2. The van der Waals surface area contributed by atoms with Crippen molar-refractivity contribution >= 4 is 11.6 Å². The smallest absolute Gasteiger partial charge is 0.119 e. The predicted octanol–water partition coefficient (Wildman–Crippen LogP) is 3.80. The van der Waals surface area contributed by atoms with Gasteiger partial charge in [0.25, 0.3) is 0 Å². The normalized spacial score (nSPS) is 12.2. The first-order valence-electron chi connectivity index (χ1n) is 6.25. The van der Waals surface area contributed by atoms with E-state index in [1.54, 1.807) is 0 Å². The lowest BCUT2D eigenvalue weighted by Crippen LogP contribution is -2.14. The third kappa shape index (κ3) is 3.98. The van der Waals surface area contributed by atoms with Crippen molar-refractivity contribution in [3.63, 3.8) is 0 Å². The number of ether oxygens (including phenoxy) is 1. The second-order valence-electron chi connectivity index (χ2n) is 4.56. The molecule has 2 aromatic rings. The molecule has 0 heterocycles. The zero-order valence-electron chi connectivity index (χ0n) is 10.8. The van der Waals surface area contributed by atoms with E-state index in [0.29, 0.717) is 11.6 Å². The van der Waals surface area contributed by atoms with Gasteiger partial charge in [0.15, 0.2) is 0 Å². The number of halogens is 1. The average Bonchev–Trinajstić information content (AvgIpc) is 2.42. The van der Waals surface area contributed by atoms with Gasteiger partial charge in [-0.3, -0.25) is 0 Å². The monoisotopic (exact) mass is 276 g/mol. The maximum atomic E-state index is 9.47. The summed E-state index contributed by atoms with van der Waals surface area (Å²) in [5.74, 6) is 0.742. The number of aliphatic hydroxyl groups excluding tert-OH is 1. The Kier molecular flexibility index (Phi) is 4.83. The average molecular weight is 277 g/mol. The molecule has 19 heavy (non-hydrogen) atoms. The highest BCUT2D eigenvalue weighted by Gasteiger charge is 2.11. The number of benzene rings is 2. The Bertz CT molecular complexity index is 523. The van der Waals surface area contributed by atoms with Crippen LogP contribution in [0.4, 0.5) is 0 Å². The fourth-order valence-electron chi connectivity index (χ4n) is 1.85. The van der Waals surface area contributed by atoms with Gasteiger partial charge in [-0.15, -0.1) is 0 Å². The Morgan fingerprint density at radius 1 is 1.16 bits per heavy atom. The maximum Gasteiger partial charge on any atom is 0.119 e. The third-order valence-corrected chi connectivity index (χ3v) is 3.25. The van der Waals surface area contributed by atoms with Crippen LogP contribution in [0.25, 0.3) is 0 Å². The minimum absolute atomic E-state index is 0.0339. The topological polar surface area (TPSA) is 29.5 Å². The largest absolute Gasteiger partial charge is 0.493 e. The standard InChI is InChI=1S/C16H17ClO2/c1-12-5-7-16(8-6-12)19-11-14(10-18)13-3-2-4-15(17)9-13/h2-9,14,18H,10-11H2,1H3. The van der Waals surface area contributed by atoms with E-state index in [4.69, 9.17) is 16.3 Å². The molecule has 0 radical (unpaired) electrons. The van der Waals surface area contributed by atoms with Crippen molar-refractivity contribution in [1.82, 2.24) is 0 Å². The fourth-order valence-corrected chi connectivity index (χ4v) is 2.04. The summed E-state index contributed by atoms with van der Waals surface area (Å²) in [6, 6.07) is 15.4. The first-order valence-corrected chi connectivity index (χ1v) is 6.62. The Labute approximate surface area is 118 Å². The van der Waals surface area contributed by atoms with Crippen LogP contribution in [0.5, 0.6) is 5.75 Å². The van der Waals surface area contributed by atoms with Crippen LogP contribution < -0.4 is 4.74 Å². The van der Waals surface area contributed by atoms with Crippen molar-refractivity contribution in [2.75, 3.05) is 13.2 Å². The van der Waals surface area contributed by atoms with Gasteiger partial charge in [0, 0.05) is 10.9 Å². The Balaban J connectivity index is 2.01. The Morgan fingerprint density at radius 2 is 1.89 bits per heavy atom. The molecule has 100 valence electrons. The predicted molar refractivity (Wildman–Crippen MR) is 78.0 cm³/mol. The molecule has 0 bridgehead atoms. The summed E-state index contributed by atoms with van der Waals surface area (Å²) in [7, 11) is 0. The highest BCUT2D eigenvalue weighted by atomic mass is 35.5. The number of aliphatic hydroxyl groups is 1. The summed E-state index contributed by atoms with van der Waals surface area (Å²) in [6.45, 7) is 2.50. The summed E-state index contributed by atoms with van der Waals surface area (Å²) in [4.78, 5) is 0. The lowest BCUT2D eigenvalue weighted by molar-refractivity contribution is 0.205. The number of aryl methyl sites for hydroxylation is 1. The highest BCUT2D eigenvalue weighted by Crippen LogP contribution is 2.21. The summed E-state index contributed by atoms with van der Waals surface area (Å²) < 4.78 is 5.71. The van der Waals surface area contributed by atoms with Gasteiger partial charge in [0.05, 0.1) is 13.2 Å². The van der Waals surface area contributed by atoms with Gasteiger partial charge < -0.3 is 9.84 Å². The molecule has 2 rings (SSSR count). The lowest BCUT2D eigenvalue weighted by atomic mass is 10.0. The van der Waals surface area contributed by atoms with Gasteiger partial charge in [-0.1, -0.05) is 41.4 Å². The van der Waals surface area contributed by atoms with Crippen LogP contribution in [-0.4, -0.2) is 18.3 Å². The summed E-state index contributed by atoms with van der Waals surface area (Å²) in [6.07, 6.45) is 0. The maximum absolute atomic E-state index is 9.47. The van der Waals surface area contributed by atoms with Gasteiger partial charge in [-0.25, -0.2) is 0 Å². The van der Waals surface area contributed by atoms with Crippen molar-refractivity contribution in [3.8, 4) is 5.75 Å². The first kappa shape index (κ1) is 13.9. The van der Waals surface area contributed by atoms with Crippen LogP contribution in [0.3, 0.4) is 0 Å². The van der Waals surface area contributed by atoms with Crippen LogP contribution in [0, 0.1) is 6.92 Å². The van der Waals surface area contributed by atoms with Crippen molar-refractivity contribution in [2.45, 2.75) is 12.8 Å². The van der Waals surface area contributed by atoms with Crippen LogP contribution in [0.15, 0.2) is 48.5 Å². The van der Waals surface area contributed by atoms with Crippen LogP contribution >= 0.6 is 11.6 Å². The molecule has 0 fully saturated rings. The van der Waals surface area contributed by atoms with E-state index in [1.807, 2.05) is 55.5 Å². The van der Waals surface area contributed by atoms with Gasteiger partial charge in [-0.2, -0.15) is 0 Å². The van der Waals surface area contributed by atoms with E-state index in [2.05, 4.69) is 0 Å². The van der Waals surface area contributed by atoms with Crippen molar-refractivity contribution in [3.05, 3.63) is 64.7 Å². The third-order valence-electron chi connectivity index (χ3n) is 3.01. The molecule has 0 spiro atoms.